The molecule has 0 atom stereocenters. The molecular formula is C25H26N4O5S. The number of aromatic nitrogens is 2. The number of aryl methyl sites for hydroxylation is 1. The first-order valence-electron chi connectivity index (χ1n) is 11.5. The van der Waals surface area contributed by atoms with E-state index in [4.69, 9.17) is 4.74 Å². The van der Waals surface area contributed by atoms with E-state index in [9.17, 15) is 18.0 Å². The van der Waals surface area contributed by atoms with E-state index in [-0.39, 0.29) is 47.7 Å². The molecule has 1 N–H and O–H groups in total. The van der Waals surface area contributed by atoms with Gasteiger partial charge in [-0.3, -0.25) is 9.59 Å². The van der Waals surface area contributed by atoms with E-state index in [1.165, 1.54) is 16.1 Å². The zero-order chi connectivity index (χ0) is 24.7. The second kappa shape index (κ2) is 8.94. The molecule has 2 aromatic carbocycles. The Morgan fingerprint density at radius 3 is 2.57 bits per heavy atom. The molecule has 10 heteroatoms. The van der Waals surface area contributed by atoms with Gasteiger partial charge in [0.25, 0.3) is 0 Å². The van der Waals surface area contributed by atoms with Crippen molar-refractivity contribution in [3.05, 3.63) is 59.3 Å². The molecule has 1 aromatic heterocycles. The number of carbonyl (C=O) groups is 2. The normalized spacial score (nSPS) is 16.3. The SMILES string of the molecule is CCc1nn2c(c1-c1ccc(OC)c(S(=O)(=O)N3CCc4ccccc4C3)c1)NC(=O)CCC2=O. The number of benzene rings is 2. The van der Waals surface area contributed by atoms with Crippen LogP contribution >= 0.6 is 0 Å². The summed E-state index contributed by atoms with van der Waals surface area (Å²) in [6.07, 6.45) is 1.25. The van der Waals surface area contributed by atoms with Gasteiger partial charge in [0.15, 0.2) is 0 Å². The van der Waals surface area contributed by atoms with Gasteiger partial charge in [0.1, 0.15) is 16.5 Å². The quantitative estimate of drug-likeness (QED) is 0.583. The molecule has 1 amide bonds. The first-order valence-corrected chi connectivity index (χ1v) is 13.0. The molecule has 3 heterocycles. The third-order valence-corrected chi connectivity index (χ3v) is 8.38. The molecule has 9 nitrogen and oxygen atoms in total. The highest BCUT2D eigenvalue weighted by atomic mass is 32.2. The van der Waals surface area contributed by atoms with Gasteiger partial charge in [0.2, 0.25) is 21.8 Å². The summed E-state index contributed by atoms with van der Waals surface area (Å²) in [5.41, 5.74) is 3.80. The average Bonchev–Trinajstić information content (AvgIpc) is 3.17. The maximum atomic E-state index is 13.8. The zero-order valence-electron chi connectivity index (χ0n) is 19.6. The minimum atomic E-state index is -3.90. The van der Waals surface area contributed by atoms with Gasteiger partial charge >= 0.3 is 0 Å². The third-order valence-electron chi connectivity index (χ3n) is 6.52. The number of fused-ring (bicyclic) bond motifs is 2. The largest absolute Gasteiger partial charge is 0.495 e. The van der Waals surface area contributed by atoms with Crippen LogP contribution in [0.2, 0.25) is 0 Å². The molecule has 0 radical (unpaired) electrons. The number of amides is 1. The Labute approximate surface area is 203 Å². The van der Waals surface area contributed by atoms with Gasteiger partial charge in [0, 0.05) is 31.5 Å². The molecular weight excluding hydrogens is 468 g/mol. The van der Waals surface area contributed by atoms with E-state index in [1.54, 1.807) is 18.2 Å². The number of anilines is 1. The summed E-state index contributed by atoms with van der Waals surface area (Å²) in [7, 11) is -2.47. The fourth-order valence-electron chi connectivity index (χ4n) is 4.68. The van der Waals surface area contributed by atoms with Gasteiger partial charge in [-0.1, -0.05) is 37.3 Å². The zero-order valence-corrected chi connectivity index (χ0v) is 20.4. The summed E-state index contributed by atoms with van der Waals surface area (Å²) in [5, 5.41) is 7.22. The average molecular weight is 495 g/mol. The number of sulfonamides is 1. The second-order valence-electron chi connectivity index (χ2n) is 8.60. The highest BCUT2D eigenvalue weighted by Crippen LogP contribution is 2.38. The van der Waals surface area contributed by atoms with Crippen molar-refractivity contribution in [3.8, 4) is 16.9 Å². The predicted octanol–water partition coefficient (Wildman–Crippen LogP) is 3.24. The molecule has 0 saturated heterocycles. The molecule has 2 aliphatic rings. The van der Waals surface area contributed by atoms with Crippen molar-refractivity contribution in [3.63, 3.8) is 0 Å². The molecule has 3 aromatic rings. The van der Waals surface area contributed by atoms with Crippen molar-refractivity contribution < 1.29 is 22.7 Å². The summed E-state index contributed by atoms with van der Waals surface area (Å²) < 4.78 is 35.7. The molecule has 0 aliphatic carbocycles. The van der Waals surface area contributed by atoms with Crippen molar-refractivity contribution in [2.24, 2.45) is 0 Å². The smallest absolute Gasteiger partial charge is 0.249 e. The van der Waals surface area contributed by atoms with E-state index in [0.29, 0.717) is 36.2 Å². The molecule has 0 saturated carbocycles. The Hall–Kier alpha value is -3.50. The Morgan fingerprint density at radius 1 is 1.06 bits per heavy atom. The van der Waals surface area contributed by atoms with Crippen molar-refractivity contribution >= 4 is 27.7 Å². The lowest BCUT2D eigenvalue weighted by Crippen LogP contribution is -2.36. The number of hydrogen-bond acceptors (Lipinski definition) is 6. The third kappa shape index (κ3) is 4.02. The van der Waals surface area contributed by atoms with Gasteiger partial charge in [-0.2, -0.15) is 14.1 Å². The maximum absolute atomic E-state index is 13.8. The van der Waals surface area contributed by atoms with E-state index in [2.05, 4.69) is 10.4 Å². The van der Waals surface area contributed by atoms with Crippen LogP contribution in [0.15, 0.2) is 47.4 Å². The first kappa shape index (κ1) is 23.3. The van der Waals surface area contributed by atoms with Crippen LogP contribution in [-0.2, 0) is 34.2 Å². The van der Waals surface area contributed by atoms with E-state index < -0.39 is 10.0 Å². The Morgan fingerprint density at radius 2 is 1.83 bits per heavy atom. The van der Waals surface area contributed by atoms with Crippen molar-refractivity contribution in [1.82, 2.24) is 14.1 Å². The Bertz CT molecular complexity index is 1440. The minimum Gasteiger partial charge on any atom is -0.495 e. The van der Waals surface area contributed by atoms with Crippen LogP contribution in [0.4, 0.5) is 5.82 Å². The number of methoxy groups -OCH3 is 1. The topological polar surface area (TPSA) is 111 Å². The van der Waals surface area contributed by atoms with Crippen molar-refractivity contribution in [2.75, 3.05) is 19.0 Å². The van der Waals surface area contributed by atoms with Gasteiger partial charge in [-0.05, 0) is 41.7 Å². The monoisotopic (exact) mass is 494 g/mol. The standard InChI is InChI=1S/C25H26N4O5S/c1-3-19-24(25-26-22(30)10-11-23(31)29(25)27-19)17-8-9-20(34-2)21(14-17)35(32,33)28-13-12-16-6-4-5-7-18(16)15-28/h4-9,14H,3,10-13,15H2,1-2H3,(H,26,30). The lowest BCUT2D eigenvalue weighted by Gasteiger charge is -2.28. The summed E-state index contributed by atoms with van der Waals surface area (Å²) >= 11 is 0. The summed E-state index contributed by atoms with van der Waals surface area (Å²) in [6.45, 7) is 2.53. The Balaban J connectivity index is 1.62. The van der Waals surface area contributed by atoms with Crippen molar-refractivity contribution in [2.45, 2.75) is 44.0 Å². The highest BCUT2D eigenvalue weighted by Gasteiger charge is 2.33. The number of nitrogens with one attached hydrogen (secondary N) is 1. The molecule has 35 heavy (non-hydrogen) atoms. The second-order valence-corrected chi connectivity index (χ2v) is 10.5. The van der Waals surface area contributed by atoms with Crippen LogP contribution in [0.5, 0.6) is 5.75 Å². The lowest BCUT2D eigenvalue weighted by molar-refractivity contribution is -0.116. The predicted molar refractivity (Wildman–Crippen MR) is 130 cm³/mol. The van der Waals surface area contributed by atoms with E-state index in [1.807, 2.05) is 31.2 Å². The summed E-state index contributed by atoms with van der Waals surface area (Å²) in [5.74, 6) is -0.0688. The maximum Gasteiger partial charge on any atom is 0.249 e. The van der Waals surface area contributed by atoms with Gasteiger partial charge in [-0.15, -0.1) is 0 Å². The van der Waals surface area contributed by atoms with Crippen LogP contribution in [0.1, 0.15) is 41.4 Å². The first-order chi connectivity index (χ1) is 16.8. The summed E-state index contributed by atoms with van der Waals surface area (Å²) in [4.78, 5) is 24.9. The van der Waals surface area contributed by atoms with Crippen LogP contribution < -0.4 is 10.1 Å². The molecule has 0 spiro atoms. The molecule has 2 aliphatic heterocycles. The number of nitrogens with zero attached hydrogens (tertiary/aromatic N) is 3. The minimum absolute atomic E-state index is 0.0326. The number of carbonyl (C=O) groups excluding carboxylic acids is 2. The number of hydrogen-bond donors (Lipinski definition) is 1. The van der Waals surface area contributed by atoms with Gasteiger partial charge < -0.3 is 10.1 Å². The molecule has 182 valence electrons. The van der Waals surface area contributed by atoms with Crippen molar-refractivity contribution in [1.29, 1.82) is 0 Å². The molecule has 5 rings (SSSR count). The van der Waals surface area contributed by atoms with Crippen LogP contribution in [-0.4, -0.2) is 48.0 Å². The lowest BCUT2D eigenvalue weighted by atomic mass is 10.0. The fraction of sp³-hybridized carbons (Fsp3) is 0.320. The van der Waals surface area contributed by atoms with E-state index >= 15 is 0 Å². The Kier molecular flexibility index (Phi) is 5.94. The highest BCUT2D eigenvalue weighted by molar-refractivity contribution is 7.89. The van der Waals surface area contributed by atoms with Crippen LogP contribution in [0.3, 0.4) is 0 Å². The fourth-order valence-corrected chi connectivity index (χ4v) is 6.28. The van der Waals surface area contributed by atoms with Gasteiger partial charge in [0.05, 0.1) is 12.8 Å². The van der Waals surface area contributed by atoms with Crippen LogP contribution in [0, 0.1) is 0 Å². The number of rotatable bonds is 5. The molecule has 0 fully saturated rings. The molecule has 0 bridgehead atoms. The number of ether oxygens (including phenoxy) is 1. The summed E-state index contributed by atoms with van der Waals surface area (Å²) in [6, 6.07) is 12.7. The van der Waals surface area contributed by atoms with Crippen LogP contribution in [0.25, 0.3) is 11.1 Å². The van der Waals surface area contributed by atoms with Gasteiger partial charge in [-0.25, -0.2) is 8.42 Å². The van der Waals surface area contributed by atoms with E-state index in [0.717, 1.165) is 11.1 Å². The molecule has 0 unspecified atom stereocenters.